The molecule has 7 heteroatoms. The van der Waals surface area contributed by atoms with Gasteiger partial charge in [0.1, 0.15) is 5.69 Å². The van der Waals surface area contributed by atoms with Crippen LogP contribution in [0.2, 0.25) is 0 Å². The zero-order chi connectivity index (χ0) is 16.1. The average Bonchev–Trinajstić information content (AvgIpc) is 2.53. The highest BCUT2D eigenvalue weighted by atomic mass is 16.4. The molecule has 2 heterocycles. The molecule has 7 nitrogen and oxygen atoms in total. The molecule has 1 aliphatic heterocycles. The van der Waals surface area contributed by atoms with Crippen molar-refractivity contribution in [3.8, 4) is 0 Å². The molecule has 1 aromatic heterocycles. The number of carboxylic acid groups (broad SMARTS) is 1. The van der Waals surface area contributed by atoms with Gasteiger partial charge in [0.05, 0.1) is 5.92 Å². The zero-order valence-corrected chi connectivity index (χ0v) is 12.7. The monoisotopic (exact) mass is 307 g/mol. The van der Waals surface area contributed by atoms with Crippen LogP contribution in [0.1, 0.15) is 43.1 Å². The number of piperidine rings is 1. The van der Waals surface area contributed by atoms with Crippen molar-refractivity contribution in [1.82, 2.24) is 14.7 Å². The highest BCUT2D eigenvalue weighted by Gasteiger charge is 2.29. The number of aryl methyl sites for hydroxylation is 1. The molecule has 0 radical (unpaired) electrons. The fourth-order valence-corrected chi connectivity index (χ4v) is 2.56. The van der Waals surface area contributed by atoms with Crippen molar-refractivity contribution in [2.24, 2.45) is 5.92 Å². The summed E-state index contributed by atoms with van der Waals surface area (Å²) in [4.78, 5) is 36.8. The summed E-state index contributed by atoms with van der Waals surface area (Å²) in [6.45, 7) is 3.22. The molecule has 0 aromatic carbocycles. The first-order chi connectivity index (χ1) is 10.5. The largest absolute Gasteiger partial charge is 0.481 e. The van der Waals surface area contributed by atoms with Crippen molar-refractivity contribution in [1.29, 1.82) is 0 Å². The highest BCUT2D eigenvalue weighted by Crippen LogP contribution is 2.18. The summed E-state index contributed by atoms with van der Waals surface area (Å²) in [5.74, 6) is -1.71. The van der Waals surface area contributed by atoms with Gasteiger partial charge in [0.25, 0.3) is 11.5 Å². The lowest BCUT2D eigenvalue weighted by Crippen LogP contribution is -2.43. The van der Waals surface area contributed by atoms with E-state index in [1.54, 1.807) is 0 Å². The second-order valence-electron chi connectivity index (χ2n) is 5.56. The normalized spacial score (nSPS) is 18.2. The molecule has 1 aliphatic rings. The number of aliphatic carboxylic acids is 1. The van der Waals surface area contributed by atoms with Crippen LogP contribution in [-0.2, 0) is 11.3 Å². The minimum absolute atomic E-state index is 0.196. The molecule has 1 amide bonds. The number of rotatable bonds is 5. The summed E-state index contributed by atoms with van der Waals surface area (Å²) in [5, 5.41) is 13.2. The first-order valence-corrected chi connectivity index (χ1v) is 7.63. The number of aromatic nitrogens is 2. The van der Waals surface area contributed by atoms with Gasteiger partial charge in [-0.25, -0.2) is 4.68 Å². The van der Waals surface area contributed by atoms with Crippen LogP contribution in [0.15, 0.2) is 16.9 Å². The Morgan fingerprint density at radius 3 is 2.86 bits per heavy atom. The number of carbonyl (C=O) groups excluding carboxylic acids is 1. The number of carbonyl (C=O) groups is 2. The standard InChI is InChI=1S/C15H21N3O4/c1-2-3-9-18-13(19)7-6-12(16-18)14(20)17-8-4-5-11(10-17)15(21)22/h6-7,11H,2-5,8-10H2,1H3,(H,21,22). The van der Waals surface area contributed by atoms with E-state index in [0.717, 1.165) is 12.8 Å². The third-order valence-electron chi connectivity index (χ3n) is 3.87. The Labute approximate surface area is 128 Å². The Balaban J connectivity index is 2.15. The summed E-state index contributed by atoms with van der Waals surface area (Å²) in [6.07, 6.45) is 2.99. The summed E-state index contributed by atoms with van der Waals surface area (Å²) in [6, 6.07) is 2.76. The summed E-state index contributed by atoms with van der Waals surface area (Å²) in [7, 11) is 0. The molecule has 1 aromatic rings. The van der Waals surface area contributed by atoms with E-state index in [-0.39, 0.29) is 23.7 Å². The Hall–Kier alpha value is -2.18. The molecular formula is C15H21N3O4. The van der Waals surface area contributed by atoms with Crippen LogP contribution in [0, 0.1) is 5.92 Å². The van der Waals surface area contributed by atoms with E-state index in [9.17, 15) is 14.4 Å². The number of nitrogens with zero attached hydrogens (tertiary/aromatic N) is 3. The van der Waals surface area contributed by atoms with Gasteiger partial charge >= 0.3 is 5.97 Å². The fourth-order valence-electron chi connectivity index (χ4n) is 2.56. The second-order valence-corrected chi connectivity index (χ2v) is 5.56. The van der Waals surface area contributed by atoms with Crippen LogP contribution in [0.25, 0.3) is 0 Å². The van der Waals surface area contributed by atoms with Gasteiger partial charge in [-0.2, -0.15) is 5.10 Å². The van der Waals surface area contributed by atoms with Gasteiger partial charge in [-0.05, 0) is 25.3 Å². The Bertz CT molecular complexity index is 611. The molecule has 0 aliphatic carbocycles. The average molecular weight is 307 g/mol. The lowest BCUT2D eigenvalue weighted by Gasteiger charge is -2.30. The van der Waals surface area contributed by atoms with E-state index in [1.165, 1.54) is 21.7 Å². The van der Waals surface area contributed by atoms with Gasteiger partial charge in [-0.1, -0.05) is 13.3 Å². The third-order valence-corrected chi connectivity index (χ3v) is 3.87. The number of amides is 1. The predicted octanol–water partition coefficient (Wildman–Crippen LogP) is 0.980. The van der Waals surface area contributed by atoms with E-state index in [4.69, 9.17) is 5.11 Å². The first-order valence-electron chi connectivity index (χ1n) is 7.63. The molecule has 0 saturated carbocycles. The molecule has 1 fully saturated rings. The molecule has 2 rings (SSSR count). The van der Waals surface area contributed by atoms with Crippen molar-refractivity contribution in [3.63, 3.8) is 0 Å². The van der Waals surface area contributed by atoms with E-state index in [1.807, 2.05) is 6.92 Å². The van der Waals surface area contributed by atoms with E-state index >= 15 is 0 Å². The van der Waals surface area contributed by atoms with Crippen LogP contribution in [0.5, 0.6) is 0 Å². The second kappa shape index (κ2) is 7.20. The smallest absolute Gasteiger partial charge is 0.308 e. The van der Waals surface area contributed by atoms with Gasteiger partial charge in [0, 0.05) is 25.7 Å². The third kappa shape index (κ3) is 3.72. The Morgan fingerprint density at radius 1 is 1.41 bits per heavy atom. The van der Waals surface area contributed by atoms with E-state index in [0.29, 0.717) is 25.9 Å². The molecule has 22 heavy (non-hydrogen) atoms. The molecule has 0 bridgehead atoms. The lowest BCUT2D eigenvalue weighted by atomic mass is 9.98. The minimum atomic E-state index is -0.877. The van der Waals surface area contributed by atoms with Crippen LogP contribution in [-0.4, -0.2) is 44.8 Å². The predicted molar refractivity (Wildman–Crippen MR) is 79.7 cm³/mol. The maximum atomic E-state index is 12.5. The number of hydrogen-bond donors (Lipinski definition) is 1. The molecule has 1 saturated heterocycles. The maximum absolute atomic E-state index is 12.5. The number of carboxylic acids is 1. The van der Waals surface area contributed by atoms with Crippen LogP contribution < -0.4 is 5.56 Å². The Morgan fingerprint density at radius 2 is 2.18 bits per heavy atom. The Kier molecular flexibility index (Phi) is 5.30. The van der Waals surface area contributed by atoms with E-state index in [2.05, 4.69) is 5.10 Å². The van der Waals surface area contributed by atoms with Gasteiger partial charge in [0.15, 0.2) is 0 Å². The molecule has 0 spiro atoms. The topological polar surface area (TPSA) is 92.5 Å². The number of hydrogen-bond acceptors (Lipinski definition) is 4. The van der Waals surface area contributed by atoms with Crippen LogP contribution >= 0.6 is 0 Å². The van der Waals surface area contributed by atoms with Gasteiger partial charge in [-0.15, -0.1) is 0 Å². The molecule has 1 N–H and O–H groups in total. The van der Waals surface area contributed by atoms with Crippen LogP contribution in [0.4, 0.5) is 0 Å². The number of likely N-dealkylation sites (tertiary alicyclic amines) is 1. The zero-order valence-electron chi connectivity index (χ0n) is 12.7. The van der Waals surface area contributed by atoms with E-state index < -0.39 is 11.9 Å². The van der Waals surface area contributed by atoms with Crippen molar-refractivity contribution < 1.29 is 14.7 Å². The maximum Gasteiger partial charge on any atom is 0.308 e. The molecular weight excluding hydrogens is 286 g/mol. The van der Waals surface area contributed by atoms with Gasteiger partial charge in [0.2, 0.25) is 0 Å². The quantitative estimate of drug-likeness (QED) is 0.875. The summed E-state index contributed by atoms with van der Waals surface area (Å²) in [5.41, 5.74) is -0.0335. The first kappa shape index (κ1) is 16.2. The van der Waals surface area contributed by atoms with Crippen molar-refractivity contribution in [2.75, 3.05) is 13.1 Å². The molecule has 1 unspecified atom stereocenters. The van der Waals surface area contributed by atoms with Crippen molar-refractivity contribution in [2.45, 2.75) is 39.2 Å². The molecule has 120 valence electrons. The van der Waals surface area contributed by atoms with Crippen molar-refractivity contribution in [3.05, 3.63) is 28.2 Å². The lowest BCUT2D eigenvalue weighted by molar-refractivity contribution is -0.143. The summed E-state index contributed by atoms with van der Waals surface area (Å²) >= 11 is 0. The molecule has 1 atom stereocenters. The fraction of sp³-hybridized carbons (Fsp3) is 0.600. The van der Waals surface area contributed by atoms with Gasteiger partial charge < -0.3 is 10.0 Å². The highest BCUT2D eigenvalue weighted by molar-refractivity contribution is 5.92. The van der Waals surface area contributed by atoms with Gasteiger partial charge in [-0.3, -0.25) is 14.4 Å². The SMILES string of the molecule is CCCCn1nc(C(=O)N2CCCC(C(=O)O)C2)ccc1=O. The minimum Gasteiger partial charge on any atom is -0.481 e. The van der Waals surface area contributed by atoms with Crippen LogP contribution in [0.3, 0.4) is 0 Å². The van der Waals surface area contributed by atoms with Crippen molar-refractivity contribution >= 4 is 11.9 Å². The number of unbranched alkanes of at least 4 members (excludes halogenated alkanes) is 1. The summed E-state index contributed by atoms with van der Waals surface area (Å²) < 4.78 is 1.30.